The number of hydrogen-bond donors (Lipinski definition) is 1. The molecule has 4 rings (SSSR count). The number of aromatic nitrogens is 1. The number of amides is 1. The van der Waals surface area contributed by atoms with E-state index in [4.69, 9.17) is 0 Å². The summed E-state index contributed by atoms with van der Waals surface area (Å²) in [5, 5.41) is 3.74. The van der Waals surface area contributed by atoms with Crippen LogP contribution in [0.1, 0.15) is 21.8 Å². The van der Waals surface area contributed by atoms with Crippen LogP contribution in [0.2, 0.25) is 0 Å². The van der Waals surface area contributed by atoms with Gasteiger partial charge in [0.25, 0.3) is 5.91 Å². The number of hydrogen-bond acceptors (Lipinski definition) is 4. The van der Waals surface area contributed by atoms with Crippen LogP contribution in [0.4, 0.5) is 0 Å². The van der Waals surface area contributed by atoms with E-state index in [-0.39, 0.29) is 5.91 Å². The highest BCUT2D eigenvalue weighted by Crippen LogP contribution is 2.30. The van der Waals surface area contributed by atoms with Gasteiger partial charge < -0.3 is 10.2 Å². The molecule has 0 saturated carbocycles. The second-order valence-electron chi connectivity index (χ2n) is 6.23. The molecule has 1 aromatic heterocycles. The van der Waals surface area contributed by atoms with Gasteiger partial charge in [0.1, 0.15) is 0 Å². The molecule has 0 aliphatic carbocycles. The Balaban J connectivity index is 1.49. The zero-order chi connectivity index (χ0) is 15.1. The Hall–Kier alpha value is -1.72. The molecule has 2 fully saturated rings. The van der Waals surface area contributed by atoms with Gasteiger partial charge in [-0.1, -0.05) is 24.3 Å². The number of carbonyl (C=O) groups excluding carboxylic acids is 1. The van der Waals surface area contributed by atoms with Crippen LogP contribution in [-0.2, 0) is 0 Å². The van der Waals surface area contributed by atoms with Crippen molar-refractivity contribution in [3.63, 3.8) is 0 Å². The maximum atomic E-state index is 12.4. The van der Waals surface area contributed by atoms with Gasteiger partial charge in [-0.2, -0.15) is 0 Å². The Bertz CT molecular complexity index is 711. The maximum absolute atomic E-state index is 12.4. The van der Waals surface area contributed by atoms with E-state index in [9.17, 15) is 4.79 Å². The van der Waals surface area contributed by atoms with E-state index in [1.807, 2.05) is 18.3 Å². The average molecular weight is 313 g/mol. The molecule has 2 aromatic rings. The Labute approximate surface area is 134 Å². The standard InChI is InChI=1S/C17H19N3OS/c1-11-4-2-3-5-13(11)15-8-18-17(22-15)16(21)19-14-10-20-7-6-12(14)9-20/h2-5,8,12,14H,6-7,9-10H2,1H3,(H,19,21)/t12-,14?/m0/s1. The summed E-state index contributed by atoms with van der Waals surface area (Å²) < 4.78 is 0. The number of nitrogens with one attached hydrogen (secondary N) is 1. The van der Waals surface area contributed by atoms with Crippen molar-refractivity contribution in [1.29, 1.82) is 0 Å². The van der Waals surface area contributed by atoms with E-state index in [2.05, 4.69) is 34.3 Å². The van der Waals surface area contributed by atoms with Crippen molar-refractivity contribution in [3.8, 4) is 10.4 Å². The second-order valence-corrected chi connectivity index (χ2v) is 7.26. The number of rotatable bonds is 3. The number of aryl methyl sites for hydroxylation is 1. The third-order valence-electron chi connectivity index (χ3n) is 4.76. The highest BCUT2D eigenvalue weighted by Gasteiger charge is 2.38. The van der Waals surface area contributed by atoms with Gasteiger partial charge in [0.2, 0.25) is 0 Å². The summed E-state index contributed by atoms with van der Waals surface area (Å²) in [6.45, 7) is 5.40. The summed E-state index contributed by atoms with van der Waals surface area (Å²) in [6, 6.07) is 8.50. The number of nitrogens with zero attached hydrogens (tertiary/aromatic N) is 2. The van der Waals surface area contributed by atoms with Gasteiger partial charge in [0.05, 0.1) is 4.88 Å². The first-order valence-corrected chi connectivity index (χ1v) is 8.57. The van der Waals surface area contributed by atoms with Gasteiger partial charge in [-0.15, -0.1) is 11.3 Å². The largest absolute Gasteiger partial charge is 0.346 e. The quantitative estimate of drug-likeness (QED) is 0.947. The molecule has 1 N–H and O–H groups in total. The molecule has 114 valence electrons. The number of piperidine rings is 1. The fourth-order valence-electron chi connectivity index (χ4n) is 3.53. The van der Waals surface area contributed by atoms with Crippen LogP contribution in [0.3, 0.4) is 0 Å². The number of carbonyl (C=O) groups is 1. The lowest BCUT2D eigenvalue weighted by Gasteiger charge is -2.22. The van der Waals surface area contributed by atoms with Crippen LogP contribution in [-0.4, -0.2) is 41.5 Å². The zero-order valence-electron chi connectivity index (χ0n) is 12.6. The van der Waals surface area contributed by atoms with E-state index in [0.717, 1.165) is 23.5 Å². The van der Waals surface area contributed by atoms with E-state index >= 15 is 0 Å². The van der Waals surface area contributed by atoms with Crippen molar-refractivity contribution in [2.24, 2.45) is 5.92 Å². The normalized spacial score (nSPS) is 26.3. The SMILES string of the molecule is Cc1ccccc1-c1cnc(C(=O)NC2CN3CC[C@H]2C3)s1. The molecule has 22 heavy (non-hydrogen) atoms. The number of benzene rings is 1. The van der Waals surface area contributed by atoms with E-state index in [1.165, 1.54) is 29.9 Å². The lowest BCUT2D eigenvalue weighted by Crippen LogP contribution is -2.43. The molecule has 0 spiro atoms. The third kappa shape index (κ3) is 2.44. The minimum atomic E-state index is -0.0245. The summed E-state index contributed by atoms with van der Waals surface area (Å²) in [4.78, 5) is 20.2. The van der Waals surface area contributed by atoms with Crippen LogP contribution >= 0.6 is 11.3 Å². The van der Waals surface area contributed by atoms with Crippen LogP contribution in [0.5, 0.6) is 0 Å². The average Bonchev–Trinajstić information content (AvgIpc) is 3.24. The smallest absolute Gasteiger partial charge is 0.280 e. The Morgan fingerprint density at radius 2 is 2.23 bits per heavy atom. The molecule has 2 aliphatic heterocycles. The lowest BCUT2D eigenvalue weighted by atomic mass is 10.0. The van der Waals surface area contributed by atoms with E-state index in [1.54, 1.807) is 0 Å². The number of thiazole rings is 1. The number of fused-ring (bicyclic) bond motifs is 2. The molecular weight excluding hydrogens is 294 g/mol. The third-order valence-corrected chi connectivity index (χ3v) is 5.79. The molecule has 2 aliphatic rings. The first-order valence-electron chi connectivity index (χ1n) is 7.76. The molecule has 1 aromatic carbocycles. The van der Waals surface area contributed by atoms with Gasteiger partial charge in [0.15, 0.2) is 5.01 Å². The molecule has 2 unspecified atom stereocenters. The van der Waals surface area contributed by atoms with Crippen molar-refractivity contribution in [1.82, 2.24) is 15.2 Å². The minimum Gasteiger partial charge on any atom is -0.346 e. The molecule has 0 radical (unpaired) electrons. The predicted molar refractivity (Wildman–Crippen MR) is 88.1 cm³/mol. The van der Waals surface area contributed by atoms with E-state index < -0.39 is 0 Å². The molecule has 2 saturated heterocycles. The maximum Gasteiger partial charge on any atom is 0.280 e. The summed E-state index contributed by atoms with van der Waals surface area (Å²) >= 11 is 1.47. The van der Waals surface area contributed by atoms with Gasteiger partial charge in [-0.25, -0.2) is 4.98 Å². The first-order chi connectivity index (χ1) is 10.7. The van der Waals surface area contributed by atoms with Crippen LogP contribution < -0.4 is 5.32 Å². The van der Waals surface area contributed by atoms with Gasteiger partial charge >= 0.3 is 0 Å². The topological polar surface area (TPSA) is 45.2 Å². The van der Waals surface area contributed by atoms with Crippen molar-refractivity contribution in [3.05, 3.63) is 41.0 Å². The zero-order valence-corrected chi connectivity index (χ0v) is 13.4. The minimum absolute atomic E-state index is 0.0245. The fraction of sp³-hybridized carbons (Fsp3) is 0.412. The molecule has 5 heteroatoms. The van der Waals surface area contributed by atoms with Gasteiger partial charge in [-0.05, 0) is 36.9 Å². The molecule has 2 bridgehead atoms. The summed E-state index contributed by atoms with van der Waals surface area (Å²) in [5.74, 6) is 0.600. The molecule has 3 heterocycles. The first kappa shape index (κ1) is 13.9. The van der Waals surface area contributed by atoms with Crippen LogP contribution in [0, 0.1) is 12.8 Å². The van der Waals surface area contributed by atoms with Crippen LogP contribution in [0.25, 0.3) is 10.4 Å². The molecule has 4 nitrogen and oxygen atoms in total. The predicted octanol–water partition coefficient (Wildman–Crippen LogP) is 2.55. The summed E-state index contributed by atoms with van der Waals surface area (Å²) in [6.07, 6.45) is 3.02. The van der Waals surface area contributed by atoms with Gasteiger partial charge in [-0.3, -0.25) is 4.79 Å². The fourth-order valence-corrected chi connectivity index (χ4v) is 4.44. The second kappa shape index (κ2) is 5.48. The van der Waals surface area contributed by atoms with E-state index in [0.29, 0.717) is 17.0 Å². The van der Waals surface area contributed by atoms with Crippen molar-refractivity contribution >= 4 is 17.2 Å². The highest BCUT2D eigenvalue weighted by molar-refractivity contribution is 7.17. The summed E-state index contributed by atoms with van der Waals surface area (Å²) in [5.41, 5.74) is 2.36. The highest BCUT2D eigenvalue weighted by atomic mass is 32.1. The van der Waals surface area contributed by atoms with Gasteiger partial charge in [0, 0.05) is 25.3 Å². The van der Waals surface area contributed by atoms with Crippen molar-refractivity contribution in [2.75, 3.05) is 19.6 Å². The lowest BCUT2D eigenvalue weighted by molar-refractivity contribution is 0.0924. The van der Waals surface area contributed by atoms with Crippen LogP contribution in [0.15, 0.2) is 30.5 Å². The molecule has 1 amide bonds. The summed E-state index contributed by atoms with van der Waals surface area (Å²) in [7, 11) is 0. The van der Waals surface area contributed by atoms with Crippen molar-refractivity contribution < 1.29 is 4.79 Å². The Kier molecular flexibility index (Phi) is 3.47. The monoisotopic (exact) mass is 313 g/mol. The Morgan fingerprint density at radius 3 is 2.95 bits per heavy atom. The molecule has 3 atom stereocenters. The molecular formula is C17H19N3OS. The van der Waals surface area contributed by atoms with Crippen molar-refractivity contribution in [2.45, 2.75) is 19.4 Å². The Morgan fingerprint density at radius 1 is 1.36 bits per heavy atom.